The number of thioether (sulfide) groups is 1. The highest BCUT2D eigenvalue weighted by molar-refractivity contribution is 7.98. The molecule has 1 fully saturated rings. The summed E-state index contributed by atoms with van der Waals surface area (Å²) in [5.74, 6) is 1.09. The number of halogens is 2. The lowest BCUT2D eigenvalue weighted by molar-refractivity contribution is 0.0592. The topological polar surface area (TPSA) is 67.2 Å². The van der Waals surface area contributed by atoms with Crippen LogP contribution >= 0.6 is 46.3 Å². The normalized spacial score (nSPS) is 13.7. The average molecular weight is 698 g/mol. The molecule has 3 heterocycles. The van der Waals surface area contributed by atoms with Gasteiger partial charge in [-0.2, -0.15) is 0 Å². The molecule has 0 bridgehead atoms. The zero-order chi connectivity index (χ0) is 32.2. The van der Waals surface area contributed by atoms with E-state index in [0.29, 0.717) is 45.6 Å². The summed E-state index contributed by atoms with van der Waals surface area (Å²) in [6.45, 7) is 2.84. The molecular weight excluding hydrogens is 667 g/mol. The summed E-state index contributed by atoms with van der Waals surface area (Å²) in [4.78, 5) is 22.7. The minimum atomic E-state index is -0.0339. The van der Waals surface area contributed by atoms with Crippen LogP contribution in [0.15, 0.2) is 120 Å². The first-order valence-electron chi connectivity index (χ1n) is 15.2. The Morgan fingerprint density at radius 1 is 0.766 bits per heavy atom. The van der Waals surface area contributed by atoms with Gasteiger partial charge >= 0.3 is 0 Å². The average Bonchev–Trinajstić information content (AvgIpc) is 3.76. The molecule has 0 aliphatic carbocycles. The summed E-state index contributed by atoms with van der Waals surface area (Å²) in [5, 5.41) is 13.5. The quantitative estimate of drug-likeness (QED) is 0.141. The van der Waals surface area contributed by atoms with Crippen LogP contribution in [0.2, 0.25) is 10.0 Å². The first-order valence-corrected chi connectivity index (χ1v) is 17.8. The summed E-state index contributed by atoms with van der Waals surface area (Å²) in [6.07, 6.45) is 0. The van der Waals surface area contributed by atoms with Crippen LogP contribution in [-0.4, -0.2) is 61.6 Å². The summed E-state index contributed by atoms with van der Waals surface area (Å²) < 4.78 is 1.92. The van der Waals surface area contributed by atoms with Gasteiger partial charge in [0.15, 0.2) is 11.0 Å². The lowest BCUT2D eigenvalue weighted by Crippen LogP contribution is -2.50. The van der Waals surface area contributed by atoms with Gasteiger partial charge in [-0.3, -0.25) is 14.3 Å². The SMILES string of the molecule is O=C(c1csc(CSc2nnc(-c3ccccc3Cl)n2-c2ccccc2Cl)n1)N1CCN(C(c2ccccc2)c2ccccc2)CC1. The van der Waals surface area contributed by atoms with Crippen molar-refractivity contribution in [3.8, 4) is 17.1 Å². The maximum absolute atomic E-state index is 13.6. The molecule has 2 aromatic heterocycles. The Labute approximate surface area is 291 Å². The molecule has 0 saturated carbocycles. The molecule has 0 atom stereocenters. The minimum absolute atomic E-state index is 0.0339. The van der Waals surface area contributed by atoms with Crippen molar-refractivity contribution >= 4 is 52.2 Å². The summed E-state index contributed by atoms with van der Waals surface area (Å²) in [7, 11) is 0. The zero-order valence-corrected chi connectivity index (χ0v) is 28.4. The van der Waals surface area contributed by atoms with E-state index in [0.717, 1.165) is 29.3 Å². The third-order valence-electron chi connectivity index (χ3n) is 8.13. The molecule has 7 rings (SSSR count). The van der Waals surface area contributed by atoms with Gasteiger partial charge in [-0.05, 0) is 35.4 Å². The van der Waals surface area contributed by atoms with E-state index in [-0.39, 0.29) is 11.9 Å². The van der Waals surface area contributed by atoms with Crippen LogP contribution in [0.25, 0.3) is 17.1 Å². The Morgan fingerprint density at radius 3 is 2.04 bits per heavy atom. The number of amides is 1. The zero-order valence-electron chi connectivity index (χ0n) is 25.2. The lowest BCUT2D eigenvalue weighted by Gasteiger charge is -2.39. The number of piperazine rings is 1. The van der Waals surface area contributed by atoms with Gasteiger partial charge in [0.2, 0.25) is 0 Å². The van der Waals surface area contributed by atoms with Crippen molar-refractivity contribution in [3.05, 3.63) is 146 Å². The number of rotatable bonds is 9. The maximum Gasteiger partial charge on any atom is 0.273 e. The van der Waals surface area contributed by atoms with Crippen molar-refractivity contribution in [1.29, 1.82) is 0 Å². The largest absolute Gasteiger partial charge is 0.335 e. The van der Waals surface area contributed by atoms with Crippen molar-refractivity contribution in [2.24, 2.45) is 0 Å². The van der Waals surface area contributed by atoms with Crippen molar-refractivity contribution < 1.29 is 4.79 Å². The van der Waals surface area contributed by atoms with Gasteiger partial charge in [-0.1, -0.05) is 120 Å². The van der Waals surface area contributed by atoms with E-state index in [2.05, 4.69) is 63.6 Å². The standard InChI is InChI=1S/C36H30Cl2N6OS2/c37-28-16-8-7-15-27(28)34-40-41-36(44(34)31-18-10-9-17-29(31)38)47-24-32-39-30(23-46-32)35(45)43-21-19-42(20-22-43)33(25-11-3-1-4-12-25)26-13-5-2-6-14-26/h1-18,23,33H,19-22,24H2. The van der Waals surface area contributed by atoms with E-state index in [1.54, 1.807) is 0 Å². The molecule has 1 aliphatic rings. The van der Waals surface area contributed by atoms with E-state index in [1.807, 2.05) is 75.5 Å². The number of hydrogen-bond donors (Lipinski definition) is 0. The van der Waals surface area contributed by atoms with Gasteiger partial charge in [-0.15, -0.1) is 21.5 Å². The third-order valence-corrected chi connectivity index (χ3v) is 10.8. The fourth-order valence-corrected chi connectivity index (χ4v) is 8.03. The van der Waals surface area contributed by atoms with Gasteiger partial charge in [-0.25, -0.2) is 4.98 Å². The van der Waals surface area contributed by atoms with Crippen LogP contribution in [0.5, 0.6) is 0 Å². The van der Waals surface area contributed by atoms with Crippen molar-refractivity contribution in [2.75, 3.05) is 26.2 Å². The third kappa shape index (κ3) is 6.86. The summed E-state index contributed by atoms with van der Waals surface area (Å²) >= 11 is 16.1. The Kier molecular flexibility index (Phi) is 9.69. The Bertz CT molecular complexity index is 1940. The van der Waals surface area contributed by atoms with Crippen LogP contribution in [0.1, 0.15) is 32.7 Å². The molecule has 11 heteroatoms. The number of benzene rings is 4. The summed E-state index contributed by atoms with van der Waals surface area (Å²) in [6, 6.07) is 36.4. The predicted molar refractivity (Wildman–Crippen MR) is 191 cm³/mol. The molecule has 1 saturated heterocycles. The highest BCUT2D eigenvalue weighted by atomic mass is 35.5. The molecule has 6 aromatic rings. The van der Waals surface area contributed by atoms with Crippen LogP contribution in [0.3, 0.4) is 0 Å². The molecule has 7 nitrogen and oxygen atoms in total. The molecule has 0 spiro atoms. The Balaban J connectivity index is 1.04. The second kappa shape index (κ2) is 14.4. The molecule has 236 valence electrons. The van der Waals surface area contributed by atoms with E-state index < -0.39 is 0 Å². The van der Waals surface area contributed by atoms with Gasteiger partial charge in [0, 0.05) is 37.1 Å². The molecule has 1 amide bonds. The van der Waals surface area contributed by atoms with Crippen molar-refractivity contribution in [1.82, 2.24) is 29.5 Å². The monoisotopic (exact) mass is 696 g/mol. The fourth-order valence-electron chi connectivity index (χ4n) is 5.86. The number of hydrogen-bond acceptors (Lipinski definition) is 7. The number of carbonyl (C=O) groups is 1. The predicted octanol–water partition coefficient (Wildman–Crippen LogP) is 8.54. The highest BCUT2D eigenvalue weighted by Gasteiger charge is 2.29. The number of nitrogens with zero attached hydrogens (tertiary/aromatic N) is 6. The highest BCUT2D eigenvalue weighted by Crippen LogP contribution is 2.35. The van der Waals surface area contributed by atoms with Crippen molar-refractivity contribution in [3.63, 3.8) is 0 Å². The molecular formula is C36H30Cl2N6OS2. The van der Waals surface area contributed by atoms with E-state index in [1.165, 1.54) is 34.2 Å². The minimum Gasteiger partial charge on any atom is -0.335 e. The van der Waals surface area contributed by atoms with E-state index >= 15 is 0 Å². The molecule has 0 unspecified atom stereocenters. The second-order valence-corrected chi connectivity index (χ2v) is 13.7. The molecule has 47 heavy (non-hydrogen) atoms. The van der Waals surface area contributed by atoms with Gasteiger partial charge < -0.3 is 4.90 Å². The van der Waals surface area contributed by atoms with E-state index in [9.17, 15) is 4.79 Å². The van der Waals surface area contributed by atoms with Gasteiger partial charge in [0.25, 0.3) is 5.91 Å². The van der Waals surface area contributed by atoms with Gasteiger partial charge in [0.1, 0.15) is 10.7 Å². The van der Waals surface area contributed by atoms with Crippen molar-refractivity contribution in [2.45, 2.75) is 17.0 Å². The van der Waals surface area contributed by atoms with Crippen LogP contribution < -0.4 is 0 Å². The second-order valence-electron chi connectivity index (χ2n) is 11.0. The number of carbonyl (C=O) groups excluding carboxylic acids is 1. The summed E-state index contributed by atoms with van der Waals surface area (Å²) in [5.41, 5.74) is 4.50. The molecule has 0 radical (unpaired) electrons. The smallest absolute Gasteiger partial charge is 0.273 e. The Hall–Kier alpha value is -3.99. The molecule has 4 aromatic carbocycles. The van der Waals surface area contributed by atoms with Gasteiger partial charge in [0.05, 0.1) is 27.5 Å². The first kappa shape index (κ1) is 31.6. The number of para-hydroxylation sites is 1. The maximum atomic E-state index is 13.6. The number of thiazole rings is 1. The van der Waals surface area contributed by atoms with E-state index in [4.69, 9.17) is 28.2 Å². The number of aromatic nitrogens is 4. The molecule has 0 N–H and O–H groups in total. The van der Waals surface area contributed by atoms with Crippen LogP contribution in [0, 0.1) is 0 Å². The fraction of sp³-hybridized carbons (Fsp3) is 0.167. The van der Waals surface area contributed by atoms with Crippen LogP contribution in [0.4, 0.5) is 0 Å². The molecule has 1 aliphatic heterocycles. The lowest BCUT2D eigenvalue weighted by atomic mass is 9.96. The first-order chi connectivity index (χ1) is 23.1. The van der Waals surface area contributed by atoms with Crippen LogP contribution in [-0.2, 0) is 5.75 Å². The Morgan fingerprint density at radius 2 is 1.38 bits per heavy atom.